The number of anilines is 4. The number of carboxylic acids is 4. The molecule has 19 nitrogen and oxygen atoms in total. The van der Waals surface area contributed by atoms with Crippen molar-refractivity contribution in [3.05, 3.63) is 76.9 Å². The predicted molar refractivity (Wildman–Crippen MR) is 157 cm³/mol. The van der Waals surface area contributed by atoms with Crippen LogP contribution in [-0.4, -0.2) is 58.0 Å². The van der Waals surface area contributed by atoms with E-state index in [1.54, 1.807) is 0 Å². The fraction of sp³-hybridized carbons (Fsp3) is 0.143. The zero-order valence-electron chi connectivity index (χ0n) is 28.8. The Bertz CT molecular complexity index is 1970. The molecule has 244 valence electrons. The van der Waals surface area contributed by atoms with Crippen molar-refractivity contribution in [3.63, 3.8) is 0 Å². The van der Waals surface area contributed by atoms with Gasteiger partial charge >= 0.3 is 206 Å². The van der Waals surface area contributed by atoms with Gasteiger partial charge in [-0.3, -0.25) is 0 Å². The molecule has 24 heteroatoms. The van der Waals surface area contributed by atoms with Gasteiger partial charge in [0.2, 0.25) is 17.0 Å². The van der Waals surface area contributed by atoms with Crippen molar-refractivity contribution in [1.29, 1.82) is 0 Å². The monoisotopic (exact) mass is 825 g/mol. The maximum atomic E-state index is 11.5. The molecule has 5 rings (SSSR count). The van der Waals surface area contributed by atoms with Gasteiger partial charge in [-0.05, 0) is 58.7 Å². The van der Waals surface area contributed by atoms with E-state index in [2.05, 4.69) is 50.3 Å². The number of hydrogen-bond donors (Lipinski definition) is 2. The SMILES string of the molecule is CC(C)(C)c1nn(-c2nc(Nc3cc(C(=O)[O-])cc(C(=O)[O-])c3)nc(Nc3cc(C(=O)[O-])cc(C(=O)[O-])c3)n2)cc1N=Nc1ncns1.[K+].[K+].[K+].[K+]. The summed E-state index contributed by atoms with van der Waals surface area (Å²) < 4.78 is 5.10. The Hall–Kier alpha value is -0.155. The molecule has 0 unspecified atom stereocenters. The summed E-state index contributed by atoms with van der Waals surface area (Å²) in [6, 6.07) is 5.93. The number of azo groups is 1. The molecule has 0 amide bonds. The molecule has 0 bridgehead atoms. The van der Waals surface area contributed by atoms with Gasteiger partial charge in [-0.25, -0.2) is 9.67 Å². The molecule has 0 saturated carbocycles. The van der Waals surface area contributed by atoms with Crippen LogP contribution in [0.25, 0.3) is 5.95 Å². The van der Waals surface area contributed by atoms with Crippen LogP contribution in [-0.2, 0) is 5.41 Å². The van der Waals surface area contributed by atoms with Gasteiger partial charge in [-0.1, -0.05) is 20.8 Å². The van der Waals surface area contributed by atoms with Gasteiger partial charge in [0.25, 0.3) is 5.95 Å². The van der Waals surface area contributed by atoms with E-state index in [1.807, 2.05) is 20.8 Å². The number of aromatic carboxylic acids is 4. The van der Waals surface area contributed by atoms with Crippen molar-refractivity contribution >= 4 is 69.5 Å². The standard InChI is InChI=1S/C28H23N11O8S.4K/c1-28(2,3)19-18(36-37-27-29-11-30-48-27)10-39(38-19)26-34-24(31-16-6-12(20(40)41)4-13(7-16)21(42)43)33-25(35-26)32-17-8-14(22(44)45)5-15(9-17)23(46)47;;;;/h4-11H,1-3H3,(H,40,41)(H,42,43)(H,44,45)(H,46,47)(H2,31,32,33,34,35);;;;/q;4*+1/p-4. The van der Waals surface area contributed by atoms with Crippen molar-refractivity contribution < 1.29 is 245 Å². The number of carbonyl (C=O) groups is 4. The number of carbonyl (C=O) groups excluding carboxylic acids is 4. The number of benzene rings is 2. The average molecular weight is 826 g/mol. The molecular weight excluding hydrogens is 807 g/mol. The fourth-order valence-electron chi connectivity index (χ4n) is 4.09. The van der Waals surface area contributed by atoms with Gasteiger partial charge in [0.1, 0.15) is 12.0 Å². The second-order valence-electron chi connectivity index (χ2n) is 10.8. The van der Waals surface area contributed by atoms with Gasteiger partial charge in [0.15, 0.2) is 0 Å². The van der Waals surface area contributed by atoms with E-state index in [-0.39, 0.29) is 240 Å². The Morgan fingerprint density at radius 3 is 1.50 bits per heavy atom. The van der Waals surface area contributed by atoms with Gasteiger partial charge in [-0.15, -0.1) is 10.2 Å². The first-order chi connectivity index (χ1) is 22.7. The maximum Gasteiger partial charge on any atom is 1.00 e. The number of carboxylic acid groups (broad SMARTS) is 4. The van der Waals surface area contributed by atoms with Crippen molar-refractivity contribution in [2.24, 2.45) is 10.2 Å². The predicted octanol–water partition coefficient (Wildman–Crippen LogP) is -12.4. The third-order valence-corrected chi connectivity index (χ3v) is 6.70. The van der Waals surface area contributed by atoms with E-state index in [0.29, 0.717) is 11.4 Å². The van der Waals surface area contributed by atoms with E-state index < -0.39 is 51.5 Å². The molecule has 2 aromatic carbocycles. The quantitative estimate of drug-likeness (QED) is 0.0923. The molecule has 0 aliphatic rings. The summed E-state index contributed by atoms with van der Waals surface area (Å²) in [6.07, 6.45) is 2.77. The topological polar surface area (TPSA) is 292 Å². The van der Waals surface area contributed by atoms with E-state index in [0.717, 1.165) is 47.9 Å². The molecule has 0 spiro atoms. The summed E-state index contributed by atoms with van der Waals surface area (Å²) in [5, 5.41) is 64.7. The van der Waals surface area contributed by atoms with E-state index in [9.17, 15) is 39.6 Å². The van der Waals surface area contributed by atoms with Gasteiger partial charge in [-0.2, -0.15) is 24.4 Å². The van der Waals surface area contributed by atoms with Crippen LogP contribution in [0, 0.1) is 0 Å². The first kappa shape index (κ1) is 49.9. The number of nitrogens with one attached hydrogen (secondary N) is 2. The summed E-state index contributed by atoms with van der Waals surface area (Å²) in [7, 11) is 0. The fourth-order valence-corrected chi connectivity index (χ4v) is 4.45. The minimum absolute atomic E-state index is 0. The van der Waals surface area contributed by atoms with Crippen LogP contribution in [0.15, 0.2) is 59.2 Å². The Kier molecular flexibility index (Phi) is 21.1. The molecule has 0 aliphatic carbocycles. The minimum Gasteiger partial charge on any atom is -0.545 e. The second-order valence-corrected chi connectivity index (χ2v) is 11.5. The number of nitrogens with zero attached hydrogens (tertiary/aromatic N) is 9. The molecular formula is C28H19K4N11O8S. The molecule has 3 aromatic heterocycles. The van der Waals surface area contributed by atoms with Crippen LogP contribution in [0.2, 0.25) is 0 Å². The van der Waals surface area contributed by atoms with E-state index >= 15 is 0 Å². The van der Waals surface area contributed by atoms with Crippen LogP contribution in [0.1, 0.15) is 67.9 Å². The molecule has 2 N–H and O–H groups in total. The molecule has 0 saturated heterocycles. The minimum atomic E-state index is -1.67. The summed E-state index contributed by atoms with van der Waals surface area (Å²) in [5.74, 6) is -7.43. The number of rotatable bonds is 11. The number of hydrogen-bond acceptors (Lipinski definition) is 19. The van der Waals surface area contributed by atoms with Crippen molar-refractivity contribution in [2.45, 2.75) is 26.2 Å². The Labute approximate surface area is 468 Å². The first-order valence-electron chi connectivity index (χ1n) is 13.4. The van der Waals surface area contributed by atoms with Crippen LogP contribution >= 0.6 is 11.5 Å². The molecule has 5 aromatic rings. The van der Waals surface area contributed by atoms with E-state index in [4.69, 9.17) is 0 Å². The largest absolute Gasteiger partial charge is 1.00 e. The van der Waals surface area contributed by atoms with Crippen LogP contribution in [0.3, 0.4) is 0 Å². The Morgan fingerprint density at radius 2 is 1.13 bits per heavy atom. The van der Waals surface area contributed by atoms with Crippen LogP contribution < -0.4 is 237 Å². The molecule has 52 heavy (non-hydrogen) atoms. The molecule has 3 heterocycles. The molecule has 0 aliphatic heterocycles. The van der Waals surface area contributed by atoms with Gasteiger partial charge in [0.05, 0.1) is 35.8 Å². The van der Waals surface area contributed by atoms with Gasteiger partial charge in [0, 0.05) is 28.3 Å². The van der Waals surface area contributed by atoms with Crippen LogP contribution in [0.4, 0.5) is 34.1 Å². The summed E-state index contributed by atoms with van der Waals surface area (Å²) in [5.41, 5.74) is -1.97. The normalized spacial score (nSPS) is 10.5. The Morgan fingerprint density at radius 1 is 0.692 bits per heavy atom. The average Bonchev–Trinajstić information content (AvgIpc) is 3.70. The third-order valence-electron chi connectivity index (χ3n) is 6.15. The summed E-state index contributed by atoms with van der Waals surface area (Å²) in [6.45, 7) is 5.61. The van der Waals surface area contributed by atoms with Crippen molar-refractivity contribution in [1.82, 2.24) is 34.1 Å². The zero-order valence-corrected chi connectivity index (χ0v) is 42.1. The third kappa shape index (κ3) is 13.5. The molecule has 0 radical (unpaired) electrons. The summed E-state index contributed by atoms with van der Waals surface area (Å²) in [4.78, 5) is 63.0. The molecule has 0 fully saturated rings. The smallest absolute Gasteiger partial charge is 0.545 e. The first-order valence-corrected chi connectivity index (χ1v) is 14.2. The van der Waals surface area contributed by atoms with Gasteiger partial charge < -0.3 is 50.2 Å². The number of aromatic nitrogens is 7. The Balaban J connectivity index is 0.00000338. The zero-order chi connectivity index (χ0) is 34.7. The van der Waals surface area contributed by atoms with Crippen molar-refractivity contribution in [2.75, 3.05) is 10.6 Å². The molecule has 0 atom stereocenters. The van der Waals surface area contributed by atoms with Crippen molar-refractivity contribution in [3.8, 4) is 5.95 Å². The maximum absolute atomic E-state index is 11.5. The van der Waals surface area contributed by atoms with Crippen LogP contribution in [0.5, 0.6) is 0 Å². The second kappa shape index (κ2) is 22.0. The van der Waals surface area contributed by atoms with E-state index in [1.165, 1.54) is 17.2 Å². The summed E-state index contributed by atoms with van der Waals surface area (Å²) >= 11 is 1.01.